The van der Waals surface area contributed by atoms with Crippen molar-refractivity contribution in [1.82, 2.24) is 0 Å². The maximum absolute atomic E-state index is 6.77. The largest absolute Gasteiger partial charge is 0.457 e. The van der Waals surface area contributed by atoms with Crippen molar-refractivity contribution >= 4 is 48.6 Å². The van der Waals surface area contributed by atoms with Crippen molar-refractivity contribution in [2.24, 2.45) is 0 Å². The van der Waals surface area contributed by atoms with Crippen molar-refractivity contribution in [3.05, 3.63) is 293 Å². The van der Waals surface area contributed by atoms with E-state index in [1.807, 2.05) is 11.3 Å². The molecular formula is C68H41NO2S. The summed E-state index contributed by atoms with van der Waals surface area (Å²) in [6.07, 6.45) is 0. The molecule has 16 rings (SSSR count). The number of anilines is 3. The lowest BCUT2D eigenvalue weighted by atomic mass is 9.66. The van der Waals surface area contributed by atoms with E-state index in [4.69, 9.17) is 9.47 Å². The average Bonchev–Trinajstić information content (AvgIpc) is 4.07. The second-order valence-electron chi connectivity index (χ2n) is 19.4. The van der Waals surface area contributed by atoms with Gasteiger partial charge in [0.1, 0.15) is 23.0 Å². The maximum atomic E-state index is 6.77. The van der Waals surface area contributed by atoms with Crippen molar-refractivity contribution in [3.8, 4) is 56.4 Å². The first-order valence-corrected chi connectivity index (χ1v) is 25.6. The number of fused-ring (bicyclic) bond motifs is 21. The molecule has 0 saturated carbocycles. The Morgan fingerprint density at radius 1 is 0.319 bits per heavy atom. The fourth-order valence-corrected chi connectivity index (χ4v) is 14.5. The van der Waals surface area contributed by atoms with Crippen LogP contribution in [0.5, 0.6) is 23.0 Å². The van der Waals surface area contributed by atoms with E-state index < -0.39 is 10.8 Å². The number of hydrogen-bond donors (Lipinski definition) is 0. The van der Waals surface area contributed by atoms with E-state index in [-0.39, 0.29) is 0 Å². The zero-order valence-electron chi connectivity index (χ0n) is 38.8. The SMILES string of the molecule is c1ccc2c(c1)Oc1ccccc1C21c2ccccc2-c2ccc(N(c3ccc(-c4cccc5c4sc4ccccc45)cc3)c3cccc4c3-c3ccccc3C43c4ccccc4Oc4ccccc43)cc21. The van der Waals surface area contributed by atoms with Gasteiger partial charge in [-0.15, -0.1) is 11.3 Å². The Bertz CT molecular complexity index is 4170. The van der Waals surface area contributed by atoms with E-state index in [1.54, 1.807) is 0 Å². The summed E-state index contributed by atoms with van der Waals surface area (Å²) in [6, 6.07) is 91.5. The summed E-state index contributed by atoms with van der Waals surface area (Å²) in [5.41, 5.74) is 18.9. The molecular weight excluding hydrogens is 895 g/mol. The lowest BCUT2D eigenvalue weighted by Crippen LogP contribution is -2.32. The summed E-state index contributed by atoms with van der Waals surface area (Å²) >= 11 is 1.87. The van der Waals surface area contributed by atoms with Crippen LogP contribution in [0.15, 0.2) is 249 Å². The van der Waals surface area contributed by atoms with Crippen LogP contribution in [0.2, 0.25) is 0 Å². The lowest BCUT2D eigenvalue weighted by Gasteiger charge is -2.40. The Kier molecular flexibility index (Phi) is 8.18. The topological polar surface area (TPSA) is 21.7 Å². The third-order valence-electron chi connectivity index (χ3n) is 16.0. The Labute approximate surface area is 421 Å². The fourth-order valence-electron chi connectivity index (χ4n) is 13.2. The molecule has 0 atom stereocenters. The first-order chi connectivity index (χ1) is 35.7. The second-order valence-corrected chi connectivity index (χ2v) is 20.4. The van der Waals surface area contributed by atoms with Crippen LogP contribution in [-0.2, 0) is 10.8 Å². The van der Waals surface area contributed by atoms with Gasteiger partial charge in [-0.2, -0.15) is 0 Å². The Hall–Kier alpha value is -8.96. The minimum absolute atomic E-state index is 0.620. The van der Waals surface area contributed by atoms with Crippen LogP contribution in [0.25, 0.3) is 53.6 Å². The molecule has 0 N–H and O–H groups in total. The zero-order chi connectivity index (χ0) is 47.1. The Morgan fingerprint density at radius 3 is 1.43 bits per heavy atom. The molecule has 2 aliphatic heterocycles. The number of rotatable bonds is 4. The van der Waals surface area contributed by atoms with Gasteiger partial charge in [0.05, 0.1) is 16.5 Å². The van der Waals surface area contributed by atoms with E-state index in [0.717, 1.165) is 62.3 Å². The van der Waals surface area contributed by atoms with Crippen molar-refractivity contribution in [2.45, 2.75) is 10.8 Å². The highest BCUT2D eigenvalue weighted by Gasteiger charge is 2.53. The highest BCUT2D eigenvalue weighted by atomic mass is 32.1. The molecule has 72 heavy (non-hydrogen) atoms. The first kappa shape index (κ1) is 39.8. The number of ether oxygens (including phenoxy) is 2. The summed E-state index contributed by atoms with van der Waals surface area (Å²) < 4.78 is 16.1. The van der Waals surface area contributed by atoms with Gasteiger partial charge in [-0.3, -0.25) is 0 Å². The average molecular weight is 936 g/mol. The molecule has 0 radical (unpaired) electrons. The molecule has 3 heterocycles. The molecule has 0 fully saturated rings. The van der Waals surface area contributed by atoms with E-state index in [0.29, 0.717) is 0 Å². The fraction of sp³-hybridized carbons (Fsp3) is 0.0294. The summed E-state index contributed by atoms with van der Waals surface area (Å²) in [5.74, 6) is 3.52. The smallest absolute Gasteiger partial charge is 0.132 e. The number of thiophene rings is 1. The summed E-state index contributed by atoms with van der Waals surface area (Å²) in [7, 11) is 0. The van der Waals surface area contributed by atoms with Gasteiger partial charge in [0, 0.05) is 59.4 Å². The highest BCUT2D eigenvalue weighted by molar-refractivity contribution is 7.26. The van der Waals surface area contributed by atoms with E-state index in [1.165, 1.54) is 75.8 Å². The molecule has 12 aromatic rings. The minimum Gasteiger partial charge on any atom is -0.457 e. The number of hydrogen-bond acceptors (Lipinski definition) is 4. The molecule has 336 valence electrons. The van der Waals surface area contributed by atoms with Crippen molar-refractivity contribution in [3.63, 3.8) is 0 Å². The van der Waals surface area contributed by atoms with E-state index in [9.17, 15) is 0 Å². The monoisotopic (exact) mass is 935 g/mol. The maximum Gasteiger partial charge on any atom is 0.132 e. The van der Waals surface area contributed by atoms with Crippen LogP contribution >= 0.6 is 11.3 Å². The van der Waals surface area contributed by atoms with Crippen LogP contribution in [0.3, 0.4) is 0 Å². The zero-order valence-corrected chi connectivity index (χ0v) is 39.7. The van der Waals surface area contributed by atoms with Crippen LogP contribution in [0.1, 0.15) is 44.5 Å². The highest BCUT2D eigenvalue weighted by Crippen LogP contribution is 2.66. The molecule has 11 aromatic carbocycles. The Balaban J connectivity index is 0.974. The Morgan fingerprint density at radius 2 is 0.778 bits per heavy atom. The van der Waals surface area contributed by atoms with Gasteiger partial charge < -0.3 is 14.4 Å². The molecule has 0 bridgehead atoms. The van der Waals surface area contributed by atoms with Crippen LogP contribution in [0.4, 0.5) is 17.1 Å². The molecule has 2 aliphatic carbocycles. The third-order valence-corrected chi connectivity index (χ3v) is 17.2. The van der Waals surface area contributed by atoms with Crippen molar-refractivity contribution < 1.29 is 9.47 Å². The molecule has 4 heteroatoms. The molecule has 0 amide bonds. The van der Waals surface area contributed by atoms with Gasteiger partial charge in [0.25, 0.3) is 0 Å². The normalized spacial score (nSPS) is 14.3. The molecule has 3 nitrogen and oxygen atoms in total. The van der Waals surface area contributed by atoms with Crippen molar-refractivity contribution in [2.75, 3.05) is 4.90 Å². The van der Waals surface area contributed by atoms with Gasteiger partial charge in [0.2, 0.25) is 0 Å². The second kappa shape index (κ2) is 14.8. The van der Waals surface area contributed by atoms with Crippen LogP contribution < -0.4 is 14.4 Å². The molecule has 0 saturated heterocycles. The van der Waals surface area contributed by atoms with E-state index in [2.05, 4.69) is 254 Å². The molecule has 2 spiro atoms. The number of nitrogens with zero attached hydrogens (tertiary/aromatic N) is 1. The predicted octanol–water partition coefficient (Wildman–Crippen LogP) is 18.1. The third kappa shape index (κ3) is 5.13. The molecule has 4 aliphatic rings. The summed E-state index contributed by atoms with van der Waals surface area (Å²) in [4.78, 5) is 2.52. The summed E-state index contributed by atoms with van der Waals surface area (Å²) in [5, 5.41) is 2.60. The van der Waals surface area contributed by atoms with Gasteiger partial charge in [-0.1, -0.05) is 188 Å². The van der Waals surface area contributed by atoms with Gasteiger partial charge in [-0.25, -0.2) is 0 Å². The van der Waals surface area contributed by atoms with Gasteiger partial charge >= 0.3 is 0 Å². The van der Waals surface area contributed by atoms with Crippen LogP contribution in [-0.4, -0.2) is 0 Å². The van der Waals surface area contributed by atoms with E-state index >= 15 is 0 Å². The van der Waals surface area contributed by atoms with Crippen LogP contribution in [0, 0.1) is 0 Å². The predicted molar refractivity (Wildman–Crippen MR) is 294 cm³/mol. The quantitative estimate of drug-likeness (QED) is 0.176. The number of benzene rings is 11. The van der Waals surface area contributed by atoms with Gasteiger partial charge in [-0.05, 0) is 111 Å². The number of para-hydroxylation sites is 4. The van der Waals surface area contributed by atoms with Gasteiger partial charge in [0.15, 0.2) is 0 Å². The standard InChI is InChI=1S/C68H41NO2S/c1-4-22-51-46(17-1)47-40-39-44(41-58(47)68(51)55-26-8-12-32-62(55)71-63-33-13-9-27-56(63)68)69(43-37-35-42(36-38-43)45-20-15-21-49-48-18-3-14-34-64(48)72-66(45)49)59-29-16-28-57-65(59)50-19-2-5-23-52(50)67(57)53-24-6-10-30-60(53)70-61-31-11-7-25-54(61)67/h1-41H. The lowest BCUT2D eigenvalue weighted by molar-refractivity contribution is 0.436. The first-order valence-electron chi connectivity index (χ1n) is 24.7. The summed E-state index contributed by atoms with van der Waals surface area (Å²) in [6.45, 7) is 0. The molecule has 0 unspecified atom stereocenters. The van der Waals surface area contributed by atoms with Crippen molar-refractivity contribution in [1.29, 1.82) is 0 Å². The molecule has 1 aromatic heterocycles. The minimum atomic E-state index is -0.628.